The molecule has 8 heteroatoms. The van der Waals surface area contributed by atoms with Crippen molar-refractivity contribution >= 4 is 33.2 Å². The van der Waals surface area contributed by atoms with Crippen molar-refractivity contribution in [1.82, 2.24) is 5.43 Å². The summed E-state index contributed by atoms with van der Waals surface area (Å²) in [5.41, 5.74) is 2.07. The lowest BCUT2D eigenvalue weighted by Crippen LogP contribution is -2.31. The average Bonchev–Trinajstić information content (AvgIpc) is 2.47. The van der Waals surface area contributed by atoms with Crippen molar-refractivity contribution in [3.05, 3.63) is 59.1 Å². The summed E-state index contributed by atoms with van der Waals surface area (Å²) in [5, 5.41) is 0.286. The van der Waals surface area contributed by atoms with Gasteiger partial charge >= 0.3 is 0 Å². The minimum absolute atomic E-state index is 0.0503. The Morgan fingerprint density at radius 1 is 1.10 bits per heavy atom. The van der Waals surface area contributed by atoms with Gasteiger partial charge in [0.05, 0.1) is 16.1 Å². The molecule has 4 N–H and O–H groups in total. The molecule has 0 saturated carbocycles. The number of carbonyl (C=O) groups excluding carboxylic acids is 1. The van der Waals surface area contributed by atoms with Crippen molar-refractivity contribution in [2.75, 3.05) is 4.72 Å². The van der Waals surface area contributed by atoms with Crippen molar-refractivity contribution in [3.8, 4) is 0 Å². The van der Waals surface area contributed by atoms with Gasteiger partial charge in [0.15, 0.2) is 0 Å². The first-order valence-electron chi connectivity index (χ1n) is 5.82. The number of nitrogens with two attached hydrogens (primary N) is 1. The first-order chi connectivity index (χ1) is 9.94. The van der Waals surface area contributed by atoms with Crippen molar-refractivity contribution in [3.63, 3.8) is 0 Å². The highest BCUT2D eigenvalue weighted by Gasteiger charge is 2.18. The Morgan fingerprint density at radius 3 is 2.38 bits per heavy atom. The Bertz CT molecular complexity index is 763. The Morgan fingerprint density at radius 2 is 1.76 bits per heavy atom. The van der Waals surface area contributed by atoms with E-state index in [0.29, 0.717) is 0 Å². The topological polar surface area (TPSA) is 101 Å². The minimum atomic E-state index is -3.82. The summed E-state index contributed by atoms with van der Waals surface area (Å²) in [5.74, 6) is 4.45. The Balaban J connectivity index is 2.44. The number of rotatable bonds is 4. The molecule has 0 saturated heterocycles. The van der Waals surface area contributed by atoms with Crippen LogP contribution in [-0.4, -0.2) is 14.3 Å². The Kier molecular flexibility index (Phi) is 4.46. The summed E-state index contributed by atoms with van der Waals surface area (Å²) in [6.45, 7) is 0. The number of amides is 1. The van der Waals surface area contributed by atoms with Crippen molar-refractivity contribution in [2.45, 2.75) is 4.90 Å². The Hall–Kier alpha value is -2.09. The first kappa shape index (κ1) is 15.3. The second kappa shape index (κ2) is 6.13. The van der Waals surface area contributed by atoms with Gasteiger partial charge < -0.3 is 0 Å². The summed E-state index contributed by atoms with van der Waals surface area (Å²) in [7, 11) is -3.82. The molecule has 0 aliphatic heterocycles. The van der Waals surface area contributed by atoms with E-state index in [1.165, 1.54) is 30.3 Å². The first-order valence-corrected chi connectivity index (χ1v) is 7.68. The van der Waals surface area contributed by atoms with Crippen LogP contribution in [0.3, 0.4) is 0 Å². The average molecular weight is 326 g/mol. The fourth-order valence-electron chi connectivity index (χ4n) is 1.68. The van der Waals surface area contributed by atoms with Gasteiger partial charge in [0.25, 0.3) is 15.9 Å². The lowest BCUT2D eigenvalue weighted by Gasteiger charge is -2.12. The monoisotopic (exact) mass is 325 g/mol. The standard InChI is InChI=1S/C13H12ClN3O3S/c14-9-6-7-11(13(18)16-15)12(8-9)17-21(19,20)10-4-2-1-3-5-10/h1-8,17H,15H2,(H,16,18). The molecule has 6 nitrogen and oxygen atoms in total. The summed E-state index contributed by atoms with van der Waals surface area (Å²) < 4.78 is 26.8. The maximum absolute atomic E-state index is 12.3. The van der Waals surface area contributed by atoms with Gasteiger partial charge in [0.1, 0.15) is 0 Å². The lowest BCUT2D eigenvalue weighted by atomic mass is 10.2. The molecule has 0 aromatic heterocycles. The summed E-state index contributed by atoms with van der Waals surface area (Å²) >= 11 is 5.84. The molecule has 2 rings (SSSR count). The molecular formula is C13H12ClN3O3S. The van der Waals surface area contributed by atoms with Crippen LogP contribution in [0.5, 0.6) is 0 Å². The van der Waals surface area contributed by atoms with Gasteiger partial charge in [-0.05, 0) is 30.3 Å². The molecular weight excluding hydrogens is 314 g/mol. The third-order valence-corrected chi connectivity index (χ3v) is 4.27. The largest absolute Gasteiger partial charge is 0.290 e. The number of hydrazine groups is 1. The highest BCUT2D eigenvalue weighted by Crippen LogP contribution is 2.24. The van der Waals surface area contributed by atoms with Gasteiger partial charge in [-0.15, -0.1) is 0 Å². The number of benzene rings is 2. The molecule has 0 atom stereocenters. The molecule has 0 bridgehead atoms. The fraction of sp³-hybridized carbons (Fsp3) is 0. The number of anilines is 1. The second-order valence-electron chi connectivity index (χ2n) is 4.08. The van der Waals surface area contributed by atoms with Crippen molar-refractivity contribution in [2.24, 2.45) is 5.84 Å². The predicted octanol–water partition coefficient (Wildman–Crippen LogP) is 1.74. The van der Waals surface area contributed by atoms with E-state index < -0.39 is 15.9 Å². The van der Waals surface area contributed by atoms with Crippen LogP contribution in [0.4, 0.5) is 5.69 Å². The third-order valence-electron chi connectivity index (χ3n) is 2.66. The molecule has 0 aliphatic carbocycles. The number of nitrogen functional groups attached to an aromatic ring is 1. The van der Waals surface area contributed by atoms with E-state index in [-0.39, 0.29) is 21.2 Å². The molecule has 0 unspecified atom stereocenters. The fourth-order valence-corrected chi connectivity index (χ4v) is 2.94. The number of sulfonamides is 1. The van der Waals surface area contributed by atoms with E-state index in [1.54, 1.807) is 18.2 Å². The van der Waals surface area contributed by atoms with E-state index in [9.17, 15) is 13.2 Å². The molecule has 0 fully saturated rings. The number of hydrogen-bond acceptors (Lipinski definition) is 4. The number of hydrogen-bond donors (Lipinski definition) is 3. The molecule has 0 heterocycles. The van der Waals surface area contributed by atoms with E-state index in [4.69, 9.17) is 17.4 Å². The Labute approximate surface area is 126 Å². The van der Waals surface area contributed by atoms with Gasteiger partial charge in [-0.25, -0.2) is 14.3 Å². The van der Waals surface area contributed by atoms with Crippen LogP contribution in [0.2, 0.25) is 5.02 Å². The maximum Gasteiger partial charge on any atom is 0.267 e. The van der Waals surface area contributed by atoms with Gasteiger partial charge in [-0.3, -0.25) is 14.9 Å². The number of carbonyl (C=O) groups is 1. The maximum atomic E-state index is 12.3. The molecule has 1 amide bonds. The van der Waals surface area contributed by atoms with Crippen molar-refractivity contribution < 1.29 is 13.2 Å². The summed E-state index contributed by atoms with van der Waals surface area (Å²) in [6, 6.07) is 12.0. The highest BCUT2D eigenvalue weighted by molar-refractivity contribution is 7.92. The smallest absolute Gasteiger partial charge is 0.267 e. The predicted molar refractivity (Wildman–Crippen MR) is 80.4 cm³/mol. The molecule has 0 aliphatic rings. The van der Waals surface area contributed by atoms with Crippen LogP contribution in [0.1, 0.15) is 10.4 Å². The van der Waals surface area contributed by atoms with Crippen molar-refractivity contribution in [1.29, 1.82) is 0 Å². The number of nitrogens with one attached hydrogen (secondary N) is 2. The molecule has 2 aromatic carbocycles. The molecule has 2 aromatic rings. The van der Waals surface area contributed by atoms with Crippen LogP contribution >= 0.6 is 11.6 Å². The zero-order chi connectivity index (χ0) is 15.5. The van der Waals surface area contributed by atoms with Crippen LogP contribution in [0.15, 0.2) is 53.4 Å². The van der Waals surface area contributed by atoms with E-state index in [0.717, 1.165) is 0 Å². The van der Waals surface area contributed by atoms with E-state index in [2.05, 4.69) is 4.72 Å². The summed E-state index contributed by atoms with van der Waals surface area (Å²) in [4.78, 5) is 11.7. The third kappa shape index (κ3) is 3.52. The van der Waals surface area contributed by atoms with Crippen LogP contribution in [0.25, 0.3) is 0 Å². The van der Waals surface area contributed by atoms with Crippen LogP contribution in [-0.2, 0) is 10.0 Å². The lowest BCUT2D eigenvalue weighted by molar-refractivity contribution is 0.0954. The van der Waals surface area contributed by atoms with E-state index >= 15 is 0 Å². The van der Waals surface area contributed by atoms with Crippen LogP contribution in [0, 0.1) is 0 Å². The molecule has 21 heavy (non-hydrogen) atoms. The molecule has 0 spiro atoms. The van der Waals surface area contributed by atoms with E-state index in [1.807, 2.05) is 5.43 Å². The zero-order valence-electron chi connectivity index (χ0n) is 10.7. The number of halogens is 1. The van der Waals surface area contributed by atoms with Gasteiger partial charge in [-0.2, -0.15) is 0 Å². The second-order valence-corrected chi connectivity index (χ2v) is 6.20. The molecule has 110 valence electrons. The molecule has 0 radical (unpaired) electrons. The van der Waals surface area contributed by atoms with Gasteiger partial charge in [-0.1, -0.05) is 29.8 Å². The normalized spacial score (nSPS) is 11.0. The minimum Gasteiger partial charge on any atom is -0.290 e. The quantitative estimate of drug-likeness (QED) is 0.453. The van der Waals surface area contributed by atoms with Gasteiger partial charge in [0.2, 0.25) is 0 Å². The zero-order valence-corrected chi connectivity index (χ0v) is 12.3. The van der Waals surface area contributed by atoms with Gasteiger partial charge in [0, 0.05) is 5.02 Å². The highest BCUT2D eigenvalue weighted by atomic mass is 35.5. The van der Waals surface area contributed by atoms with Crippen LogP contribution < -0.4 is 16.0 Å². The SMILES string of the molecule is NNC(=O)c1ccc(Cl)cc1NS(=O)(=O)c1ccccc1. The summed E-state index contributed by atoms with van der Waals surface area (Å²) in [6.07, 6.45) is 0.